The second kappa shape index (κ2) is 11.2. The first-order valence-electron chi connectivity index (χ1n) is 6.24. The van der Waals surface area contributed by atoms with Gasteiger partial charge in [-0.1, -0.05) is 13.3 Å². The minimum absolute atomic E-state index is 0.284. The minimum Gasteiger partial charge on any atom is -0.464 e. The summed E-state index contributed by atoms with van der Waals surface area (Å²) in [5, 5.41) is 2.53. The van der Waals surface area contributed by atoms with Gasteiger partial charge in [0.25, 0.3) is 0 Å². The van der Waals surface area contributed by atoms with Crippen molar-refractivity contribution in [2.45, 2.75) is 39.2 Å². The van der Waals surface area contributed by atoms with Crippen molar-refractivity contribution < 1.29 is 19.1 Å². The Morgan fingerprint density at radius 3 is 2.56 bits per heavy atom. The van der Waals surface area contributed by atoms with E-state index in [1.807, 2.05) is 13.2 Å². The predicted octanol–water partition coefficient (Wildman–Crippen LogP) is 2.20. The molecule has 0 bridgehead atoms. The summed E-state index contributed by atoms with van der Waals surface area (Å²) in [7, 11) is 0. The standard InChI is InChI=1S/C12H23NO4S/c1-4-6-8-17-11(14)10(7-9-18-3)13-12(15)16-5-2/h10H,4-9H2,1-3H3,(H,13,15). The third-order valence-corrected chi connectivity index (χ3v) is 2.85. The van der Waals surface area contributed by atoms with E-state index in [1.54, 1.807) is 18.7 Å². The van der Waals surface area contributed by atoms with E-state index >= 15 is 0 Å². The van der Waals surface area contributed by atoms with Gasteiger partial charge in [-0.05, 0) is 31.8 Å². The van der Waals surface area contributed by atoms with Crippen LogP contribution in [0.15, 0.2) is 0 Å². The van der Waals surface area contributed by atoms with Crippen LogP contribution in [0.4, 0.5) is 4.79 Å². The van der Waals surface area contributed by atoms with E-state index in [2.05, 4.69) is 5.32 Å². The number of ether oxygens (including phenoxy) is 2. The molecule has 0 saturated heterocycles. The molecule has 1 atom stereocenters. The van der Waals surface area contributed by atoms with Crippen LogP contribution in [0.3, 0.4) is 0 Å². The van der Waals surface area contributed by atoms with Crippen molar-refractivity contribution in [3.63, 3.8) is 0 Å². The Morgan fingerprint density at radius 2 is 2.00 bits per heavy atom. The lowest BCUT2D eigenvalue weighted by Crippen LogP contribution is -2.42. The van der Waals surface area contributed by atoms with Crippen molar-refractivity contribution in [2.75, 3.05) is 25.2 Å². The maximum Gasteiger partial charge on any atom is 0.407 e. The molecule has 0 rings (SSSR count). The highest BCUT2D eigenvalue weighted by molar-refractivity contribution is 7.98. The van der Waals surface area contributed by atoms with E-state index in [1.165, 1.54) is 0 Å². The van der Waals surface area contributed by atoms with Crippen molar-refractivity contribution in [1.29, 1.82) is 0 Å². The molecule has 0 aromatic rings. The van der Waals surface area contributed by atoms with Crippen molar-refractivity contribution in [3.8, 4) is 0 Å². The zero-order valence-corrected chi connectivity index (χ0v) is 12.2. The number of carbonyl (C=O) groups is 2. The van der Waals surface area contributed by atoms with Crippen LogP contribution in [0.1, 0.15) is 33.1 Å². The first kappa shape index (κ1) is 17.1. The van der Waals surface area contributed by atoms with Crippen LogP contribution in [0.5, 0.6) is 0 Å². The van der Waals surface area contributed by atoms with Crippen molar-refractivity contribution in [1.82, 2.24) is 5.32 Å². The van der Waals surface area contributed by atoms with Gasteiger partial charge in [0.05, 0.1) is 13.2 Å². The van der Waals surface area contributed by atoms with E-state index in [0.29, 0.717) is 13.0 Å². The molecule has 0 spiro atoms. The fourth-order valence-corrected chi connectivity index (χ4v) is 1.69. The molecule has 1 unspecified atom stereocenters. The van der Waals surface area contributed by atoms with Gasteiger partial charge >= 0.3 is 12.1 Å². The van der Waals surface area contributed by atoms with Gasteiger partial charge in [0, 0.05) is 0 Å². The summed E-state index contributed by atoms with van der Waals surface area (Å²) >= 11 is 1.62. The fraction of sp³-hybridized carbons (Fsp3) is 0.833. The van der Waals surface area contributed by atoms with Crippen LogP contribution >= 0.6 is 11.8 Å². The summed E-state index contributed by atoms with van der Waals surface area (Å²) in [5.41, 5.74) is 0. The molecule has 18 heavy (non-hydrogen) atoms. The summed E-state index contributed by atoms with van der Waals surface area (Å²) in [4.78, 5) is 23.1. The van der Waals surface area contributed by atoms with Crippen LogP contribution in [-0.2, 0) is 14.3 Å². The molecule has 6 heteroatoms. The Balaban J connectivity index is 4.18. The number of esters is 1. The average Bonchev–Trinajstić information content (AvgIpc) is 2.34. The number of rotatable bonds is 9. The molecule has 0 aromatic carbocycles. The first-order valence-corrected chi connectivity index (χ1v) is 7.63. The average molecular weight is 277 g/mol. The van der Waals surface area contributed by atoms with Crippen molar-refractivity contribution >= 4 is 23.8 Å². The zero-order valence-electron chi connectivity index (χ0n) is 11.4. The quantitative estimate of drug-likeness (QED) is 0.517. The third kappa shape index (κ3) is 8.22. The molecule has 0 aromatic heterocycles. The van der Waals surface area contributed by atoms with Crippen LogP contribution in [0, 0.1) is 0 Å². The van der Waals surface area contributed by atoms with Gasteiger partial charge in [-0.2, -0.15) is 11.8 Å². The molecule has 1 amide bonds. The maximum absolute atomic E-state index is 11.8. The summed E-state index contributed by atoms with van der Waals surface area (Å²) in [6, 6.07) is -0.617. The highest BCUT2D eigenvalue weighted by Gasteiger charge is 2.22. The van der Waals surface area contributed by atoms with Gasteiger partial charge in [-0.3, -0.25) is 0 Å². The molecule has 0 radical (unpaired) electrons. The Kier molecular flexibility index (Phi) is 10.6. The number of alkyl carbamates (subject to hydrolysis) is 1. The Hall–Kier alpha value is -0.910. The molecule has 5 nitrogen and oxygen atoms in total. The molecule has 106 valence electrons. The molecule has 0 aliphatic heterocycles. The van der Waals surface area contributed by atoms with Gasteiger partial charge in [0.15, 0.2) is 0 Å². The van der Waals surface area contributed by atoms with Crippen molar-refractivity contribution in [2.24, 2.45) is 0 Å². The van der Waals surface area contributed by atoms with Crippen LogP contribution in [0.25, 0.3) is 0 Å². The Morgan fingerprint density at radius 1 is 1.28 bits per heavy atom. The molecule has 0 fully saturated rings. The third-order valence-electron chi connectivity index (χ3n) is 2.20. The van der Waals surface area contributed by atoms with Crippen LogP contribution in [-0.4, -0.2) is 43.3 Å². The summed E-state index contributed by atoms with van der Waals surface area (Å²) in [6.07, 6.45) is 3.72. The van der Waals surface area contributed by atoms with E-state index < -0.39 is 12.1 Å². The smallest absolute Gasteiger partial charge is 0.407 e. The lowest BCUT2D eigenvalue weighted by Gasteiger charge is -2.16. The number of hydrogen-bond donors (Lipinski definition) is 1. The Bertz CT molecular complexity index is 248. The predicted molar refractivity (Wildman–Crippen MR) is 72.8 cm³/mol. The lowest BCUT2D eigenvalue weighted by molar-refractivity contribution is -0.146. The number of unbranched alkanes of at least 4 members (excludes halogenated alkanes) is 1. The number of nitrogens with one attached hydrogen (secondary N) is 1. The molecule has 0 aliphatic rings. The van der Waals surface area contributed by atoms with Gasteiger partial charge in [0.2, 0.25) is 0 Å². The maximum atomic E-state index is 11.8. The normalized spacial score (nSPS) is 11.7. The SMILES string of the molecule is CCCCOC(=O)C(CCSC)NC(=O)OCC. The van der Waals surface area contributed by atoms with Crippen LogP contribution in [0.2, 0.25) is 0 Å². The fourth-order valence-electron chi connectivity index (χ4n) is 1.22. The highest BCUT2D eigenvalue weighted by atomic mass is 32.2. The van der Waals surface area contributed by atoms with Crippen molar-refractivity contribution in [3.05, 3.63) is 0 Å². The topological polar surface area (TPSA) is 64.6 Å². The summed E-state index contributed by atoms with van der Waals surface area (Å²) in [5.74, 6) is 0.394. The number of amides is 1. The lowest BCUT2D eigenvalue weighted by atomic mass is 10.2. The van der Waals surface area contributed by atoms with E-state index in [-0.39, 0.29) is 12.6 Å². The summed E-state index contributed by atoms with van der Waals surface area (Å²) in [6.45, 7) is 4.42. The second-order valence-electron chi connectivity index (χ2n) is 3.72. The first-order chi connectivity index (χ1) is 8.65. The molecule has 1 N–H and O–H groups in total. The highest BCUT2D eigenvalue weighted by Crippen LogP contribution is 2.04. The number of thioether (sulfide) groups is 1. The van der Waals surface area contributed by atoms with Gasteiger partial charge in [0.1, 0.15) is 6.04 Å². The van der Waals surface area contributed by atoms with Gasteiger partial charge in [-0.25, -0.2) is 9.59 Å². The zero-order chi connectivity index (χ0) is 13.8. The Labute approximate surface area is 113 Å². The van der Waals surface area contributed by atoms with Gasteiger partial charge < -0.3 is 14.8 Å². The molecular weight excluding hydrogens is 254 g/mol. The number of carbonyl (C=O) groups excluding carboxylic acids is 2. The largest absolute Gasteiger partial charge is 0.464 e. The monoisotopic (exact) mass is 277 g/mol. The molecular formula is C12H23NO4S. The van der Waals surface area contributed by atoms with E-state index in [9.17, 15) is 9.59 Å². The molecule has 0 aliphatic carbocycles. The van der Waals surface area contributed by atoms with Gasteiger partial charge in [-0.15, -0.1) is 0 Å². The summed E-state index contributed by atoms with van der Waals surface area (Å²) < 4.78 is 9.87. The van der Waals surface area contributed by atoms with E-state index in [0.717, 1.165) is 18.6 Å². The minimum atomic E-state index is -0.617. The molecule has 0 saturated carbocycles. The van der Waals surface area contributed by atoms with Crippen LogP contribution < -0.4 is 5.32 Å². The molecule has 0 heterocycles. The number of hydrogen-bond acceptors (Lipinski definition) is 5. The second-order valence-corrected chi connectivity index (χ2v) is 4.71. The van der Waals surface area contributed by atoms with E-state index in [4.69, 9.17) is 9.47 Å².